The maximum atomic E-state index is 13.4. The van der Waals surface area contributed by atoms with E-state index in [1.807, 2.05) is 19.1 Å². The number of phosphoric ester groups is 2. The predicted molar refractivity (Wildman–Crippen MR) is 156 cm³/mol. The Labute approximate surface area is 253 Å². The van der Waals surface area contributed by atoms with Gasteiger partial charge in [-0.25, -0.2) is 13.9 Å². The van der Waals surface area contributed by atoms with Crippen molar-refractivity contribution in [3.8, 4) is 11.5 Å². The lowest BCUT2D eigenvalue weighted by Crippen LogP contribution is -2.37. The average Bonchev–Trinajstić information content (AvgIpc) is 2.89. The maximum Gasteiger partial charge on any atom is 0.524 e. The molecule has 1 amide bonds. The molecule has 4 N–H and O–H groups in total. The second kappa shape index (κ2) is 15.3. The van der Waals surface area contributed by atoms with Crippen molar-refractivity contribution in [1.29, 1.82) is 0 Å². The highest BCUT2D eigenvalue weighted by atomic mass is 35.5. The SMILES string of the molecule is C/C1=C\C(=N/OCC(=O)N2CCCCC2)Cc2c(Cl)c(OP(=O)(O)O)cc(OP(=O)(O)O)c2C(=O)O[C@H](C)C/C=C/CC1. The number of fused-ring (bicyclic) bond motifs is 1. The fourth-order valence-electron chi connectivity index (χ4n) is 4.51. The lowest BCUT2D eigenvalue weighted by Gasteiger charge is -2.26. The summed E-state index contributed by atoms with van der Waals surface area (Å²) < 4.78 is 38.4. The van der Waals surface area contributed by atoms with Crippen LogP contribution >= 0.6 is 27.2 Å². The van der Waals surface area contributed by atoms with Crippen LogP contribution in [0, 0.1) is 0 Å². The molecule has 1 fully saturated rings. The van der Waals surface area contributed by atoms with Gasteiger partial charge >= 0.3 is 21.6 Å². The number of allylic oxidation sites excluding steroid dienone is 3. The molecule has 17 heteroatoms. The van der Waals surface area contributed by atoms with Crippen LogP contribution in [0.25, 0.3) is 0 Å². The van der Waals surface area contributed by atoms with E-state index in [9.17, 15) is 38.3 Å². The molecule has 0 spiro atoms. The Morgan fingerprint density at radius 2 is 1.74 bits per heavy atom. The molecule has 238 valence electrons. The van der Waals surface area contributed by atoms with Crippen molar-refractivity contribution in [3.63, 3.8) is 0 Å². The van der Waals surface area contributed by atoms with Crippen LogP contribution in [0.15, 0.2) is 35.0 Å². The molecule has 1 atom stereocenters. The standard InChI is InChI=1S/C26H35ClN2O12P2/c1-17-9-5-3-6-10-18(2)39-26(31)24-20(14-19(13-17)28-38-16-23(30)29-11-7-4-8-12-29)25(27)22(41-43(35,36)37)15-21(24)40-42(32,33)34/h3,6,13,15,18H,4-5,7-12,14,16H2,1-2H3,(H2,32,33,34)(H2,35,36,37)/b6-3+,17-13+,28-19+/t18-/m1/s1. The molecule has 43 heavy (non-hydrogen) atoms. The van der Waals surface area contributed by atoms with Crippen LogP contribution < -0.4 is 9.05 Å². The number of benzene rings is 1. The number of hydrogen-bond acceptors (Lipinski definition) is 9. The largest absolute Gasteiger partial charge is 0.524 e. The minimum atomic E-state index is -5.32. The molecule has 2 aliphatic heterocycles. The number of piperidine rings is 1. The molecule has 2 aliphatic rings. The highest BCUT2D eigenvalue weighted by molar-refractivity contribution is 7.47. The number of oxime groups is 1. The van der Waals surface area contributed by atoms with Crippen LogP contribution in [0.1, 0.15) is 68.3 Å². The first kappa shape index (κ1) is 34.8. The van der Waals surface area contributed by atoms with Crippen LogP contribution in [0.3, 0.4) is 0 Å². The highest BCUT2D eigenvalue weighted by Crippen LogP contribution is 2.49. The molecule has 2 heterocycles. The monoisotopic (exact) mass is 664 g/mol. The number of phosphoric acid groups is 2. The Balaban J connectivity index is 2.15. The van der Waals surface area contributed by atoms with Gasteiger partial charge in [0.2, 0.25) is 0 Å². The van der Waals surface area contributed by atoms with Gasteiger partial charge in [-0.1, -0.05) is 34.5 Å². The second-order valence-corrected chi connectivity index (χ2v) is 12.8. The summed E-state index contributed by atoms with van der Waals surface area (Å²) >= 11 is 6.50. The molecule has 3 rings (SSSR count). The number of carbonyl (C=O) groups excluding carboxylic acids is 2. The molecule has 0 radical (unpaired) electrons. The van der Waals surface area contributed by atoms with E-state index in [1.165, 1.54) is 0 Å². The van der Waals surface area contributed by atoms with Gasteiger partial charge in [0.25, 0.3) is 5.91 Å². The van der Waals surface area contributed by atoms with Crippen LogP contribution in [-0.4, -0.2) is 67.9 Å². The van der Waals surface area contributed by atoms with E-state index in [0.717, 1.165) is 24.8 Å². The molecular formula is C26H35ClN2O12P2. The van der Waals surface area contributed by atoms with Crippen LogP contribution in [0.4, 0.5) is 0 Å². The first-order valence-electron chi connectivity index (χ1n) is 13.5. The number of halogens is 1. The number of hydrogen-bond donors (Lipinski definition) is 4. The molecule has 0 saturated carbocycles. The van der Waals surface area contributed by atoms with E-state index in [-0.39, 0.29) is 30.2 Å². The molecule has 1 aromatic carbocycles. The number of cyclic esters (lactones) is 1. The van der Waals surface area contributed by atoms with Crippen molar-refractivity contribution in [2.24, 2.45) is 5.16 Å². The zero-order valence-electron chi connectivity index (χ0n) is 23.7. The maximum absolute atomic E-state index is 13.4. The first-order chi connectivity index (χ1) is 20.1. The van der Waals surface area contributed by atoms with Crippen molar-refractivity contribution < 1.29 is 56.9 Å². The number of nitrogens with zero attached hydrogens (tertiary/aromatic N) is 2. The van der Waals surface area contributed by atoms with Crippen LogP contribution in [0.2, 0.25) is 5.02 Å². The van der Waals surface area contributed by atoms with Gasteiger partial charge in [-0.2, -0.15) is 0 Å². The Kier molecular flexibility index (Phi) is 12.4. The summed E-state index contributed by atoms with van der Waals surface area (Å²) in [4.78, 5) is 71.1. The van der Waals surface area contributed by atoms with Gasteiger partial charge < -0.3 is 23.5 Å². The van der Waals surface area contributed by atoms with Crippen molar-refractivity contribution in [1.82, 2.24) is 4.90 Å². The van der Waals surface area contributed by atoms with Crippen molar-refractivity contribution in [2.45, 2.75) is 64.9 Å². The van der Waals surface area contributed by atoms with E-state index in [0.29, 0.717) is 38.4 Å². The van der Waals surface area contributed by atoms with Gasteiger partial charge in [0, 0.05) is 32.0 Å². The fourth-order valence-corrected chi connectivity index (χ4v) is 5.61. The third-order valence-corrected chi connectivity index (χ3v) is 7.71. The lowest BCUT2D eigenvalue weighted by atomic mass is 9.98. The van der Waals surface area contributed by atoms with Crippen LogP contribution in [-0.2, 0) is 29.9 Å². The minimum Gasteiger partial charge on any atom is -0.459 e. The third kappa shape index (κ3) is 11.4. The molecule has 0 aliphatic carbocycles. The summed E-state index contributed by atoms with van der Waals surface area (Å²) in [6.07, 6.45) is 8.70. The number of carbonyl (C=O) groups is 2. The van der Waals surface area contributed by atoms with E-state index in [4.69, 9.17) is 25.7 Å². The Morgan fingerprint density at radius 1 is 1.09 bits per heavy atom. The van der Waals surface area contributed by atoms with E-state index in [1.54, 1.807) is 17.9 Å². The van der Waals surface area contributed by atoms with Crippen molar-refractivity contribution in [2.75, 3.05) is 19.7 Å². The predicted octanol–water partition coefficient (Wildman–Crippen LogP) is 4.44. The van der Waals surface area contributed by atoms with Gasteiger partial charge in [-0.05, 0) is 57.6 Å². The summed E-state index contributed by atoms with van der Waals surface area (Å²) in [5, 5.41) is 3.63. The molecule has 14 nitrogen and oxygen atoms in total. The van der Waals surface area contributed by atoms with E-state index < -0.39 is 49.8 Å². The highest BCUT2D eigenvalue weighted by Gasteiger charge is 2.32. The second-order valence-electron chi connectivity index (χ2n) is 10.1. The van der Waals surface area contributed by atoms with E-state index in [2.05, 4.69) is 9.68 Å². The number of likely N-dealkylation sites (tertiary alicyclic amines) is 1. The van der Waals surface area contributed by atoms with Gasteiger partial charge in [-0.3, -0.25) is 24.4 Å². The normalized spacial score (nSPS) is 22.0. The number of amides is 1. The molecule has 0 bridgehead atoms. The Hall–Kier alpha value is -2.70. The molecule has 0 aromatic heterocycles. The molecule has 0 unspecified atom stereocenters. The van der Waals surface area contributed by atoms with E-state index >= 15 is 0 Å². The zero-order valence-corrected chi connectivity index (χ0v) is 26.2. The van der Waals surface area contributed by atoms with Gasteiger partial charge in [0.1, 0.15) is 17.4 Å². The van der Waals surface area contributed by atoms with Crippen molar-refractivity contribution in [3.05, 3.63) is 46.0 Å². The number of rotatable bonds is 7. The summed E-state index contributed by atoms with van der Waals surface area (Å²) in [5.74, 6) is -2.86. The van der Waals surface area contributed by atoms with Gasteiger partial charge in [0.15, 0.2) is 12.4 Å². The number of esters is 1. The van der Waals surface area contributed by atoms with Crippen LogP contribution in [0.5, 0.6) is 11.5 Å². The Morgan fingerprint density at radius 3 is 2.40 bits per heavy atom. The zero-order chi connectivity index (χ0) is 31.8. The first-order valence-corrected chi connectivity index (χ1v) is 16.9. The third-order valence-electron chi connectivity index (χ3n) is 6.43. The smallest absolute Gasteiger partial charge is 0.459 e. The van der Waals surface area contributed by atoms with Crippen molar-refractivity contribution >= 4 is 44.8 Å². The molecular weight excluding hydrogens is 630 g/mol. The Bertz CT molecular complexity index is 1380. The lowest BCUT2D eigenvalue weighted by molar-refractivity contribution is -0.137. The molecule has 1 aromatic rings. The minimum absolute atomic E-state index is 0.129. The fraction of sp³-hybridized carbons (Fsp3) is 0.500. The summed E-state index contributed by atoms with van der Waals surface area (Å²) in [7, 11) is -10.6. The summed E-state index contributed by atoms with van der Waals surface area (Å²) in [6, 6.07) is 0.681. The average molecular weight is 665 g/mol. The van der Waals surface area contributed by atoms with Gasteiger partial charge in [0.05, 0.1) is 10.7 Å². The summed E-state index contributed by atoms with van der Waals surface area (Å²) in [6.45, 7) is 4.28. The number of ether oxygens (including phenoxy) is 1. The summed E-state index contributed by atoms with van der Waals surface area (Å²) in [5.41, 5.74) is 0.204. The van der Waals surface area contributed by atoms with Gasteiger partial charge in [-0.15, -0.1) is 0 Å². The quantitative estimate of drug-likeness (QED) is 0.138. The molecule has 1 saturated heterocycles. The topological polar surface area (TPSA) is 202 Å².